The number of halogens is 1. The van der Waals surface area contributed by atoms with Crippen LogP contribution in [0.3, 0.4) is 0 Å². The number of anilines is 1. The van der Waals surface area contributed by atoms with Gasteiger partial charge in [-0.2, -0.15) is 0 Å². The third-order valence-corrected chi connectivity index (χ3v) is 5.60. The summed E-state index contributed by atoms with van der Waals surface area (Å²) in [5.41, 5.74) is 4.85. The first-order chi connectivity index (χ1) is 15.9. The number of nitrogens with zero attached hydrogens (tertiary/aromatic N) is 1. The van der Waals surface area contributed by atoms with Gasteiger partial charge in [-0.05, 0) is 60.4 Å². The highest BCUT2D eigenvalue weighted by Gasteiger charge is 2.31. The molecule has 1 unspecified atom stereocenters. The molecule has 0 aliphatic carbocycles. The van der Waals surface area contributed by atoms with Crippen LogP contribution in [0, 0.1) is 5.82 Å². The Morgan fingerprint density at radius 2 is 1.42 bits per heavy atom. The zero-order chi connectivity index (χ0) is 23.5. The van der Waals surface area contributed by atoms with E-state index in [0.717, 1.165) is 16.8 Å². The van der Waals surface area contributed by atoms with Gasteiger partial charge in [0.1, 0.15) is 12.0 Å². The van der Waals surface area contributed by atoms with Crippen molar-refractivity contribution in [1.29, 1.82) is 0 Å². The van der Waals surface area contributed by atoms with Crippen LogP contribution in [-0.2, 0) is 0 Å². The molecule has 1 aromatic heterocycles. The molecule has 1 amide bonds. The lowest BCUT2D eigenvalue weighted by atomic mass is 9.94. The summed E-state index contributed by atoms with van der Waals surface area (Å²) in [5.74, 6) is -0.666. The number of para-hydroxylation sites is 1. The third kappa shape index (κ3) is 4.45. The highest BCUT2D eigenvalue weighted by atomic mass is 19.1. The van der Waals surface area contributed by atoms with Crippen LogP contribution >= 0.6 is 0 Å². The normalized spacial score (nSPS) is 12.1. The first kappa shape index (κ1) is 22.5. The predicted molar refractivity (Wildman–Crippen MR) is 131 cm³/mol. The number of nitrogens with one attached hydrogen (secondary N) is 1. The maximum atomic E-state index is 13.7. The number of carbonyl (C=O) groups excluding carboxylic acids is 1. The van der Waals surface area contributed by atoms with E-state index in [-0.39, 0.29) is 17.6 Å². The summed E-state index contributed by atoms with van der Waals surface area (Å²) in [7, 11) is 0. The molecular weight excluding hydrogens is 415 g/mol. The molecule has 0 aliphatic rings. The van der Waals surface area contributed by atoms with E-state index in [1.54, 1.807) is 23.6 Å². The smallest absolute Gasteiger partial charge is 0.258 e. The van der Waals surface area contributed by atoms with Crippen LogP contribution in [0.2, 0.25) is 0 Å². The molecule has 2 N–H and O–H groups in total. The summed E-state index contributed by atoms with van der Waals surface area (Å²) in [6.45, 7) is 5.67. The largest absolute Gasteiger partial charge is 0.374 e. The fourth-order valence-corrected chi connectivity index (χ4v) is 4.28. The molecule has 1 heterocycles. The summed E-state index contributed by atoms with van der Waals surface area (Å²) in [6.07, 6.45) is -0.900. The lowest BCUT2D eigenvalue weighted by Gasteiger charge is -2.19. The second kappa shape index (κ2) is 9.43. The summed E-state index contributed by atoms with van der Waals surface area (Å²) in [4.78, 5) is 13.7. The Labute approximate surface area is 193 Å². The maximum Gasteiger partial charge on any atom is 0.258 e. The van der Waals surface area contributed by atoms with Crippen LogP contribution in [0.5, 0.6) is 0 Å². The summed E-state index contributed by atoms with van der Waals surface area (Å²) < 4.78 is 15.5. The standard InChI is InChI=1S/C28H27FN2O2/c1-18(2)26-25(28(33)30-23-12-8-5-9-13-23)24(20-10-6-4-7-11-20)27(31(26)19(3)32)21-14-16-22(29)17-15-21/h4-19,32H,1-3H3,(H,30,33). The van der Waals surface area contributed by atoms with E-state index < -0.39 is 6.23 Å². The van der Waals surface area contributed by atoms with Gasteiger partial charge in [-0.1, -0.05) is 62.4 Å². The minimum absolute atomic E-state index is 0.0622. The van der Waals surface area contributed by atoms with Gasteiger partial charge < -0.3 is 15.0 Å². The molecule has 0 saturated heterocycles. The van der Waals surface area contributed by atoms with E-state index in [4.69, 9.17) is 0 Å². The number of rotatable bonds is 6. The highest BCUT2D eigenvalue weighted by molar-refractivity contribution is 6.12. The van der Waals surface area contributed by atoms with Crippen molar-refractivity contribution in [3.8, 4) is 22.4 Å². The van der Waals surface area contributed by atoms with Crippen LogP contribution in [0.1, 0.15) is 49.0 Å². The molecule has 33 heavy (non-hydrogen) atoms. The zero-order valence-electron chi connectivity index (χ0n) is 18.9. The van der Waals surface area contributed by atoms with Crippen molar-refractivity contribution in [2.24, 2.45) is 0 Å². The topological polar surface area (TPSA) is 54.3 Å². The molecule has 168 valence electrons. The zero-order valence-corrected chi connectivity index (χ0v) is 18.9. The van der Waals surface area contributed by atoms with Crippen molar-refractivity contribution in [2.75, 3.05) is 5.32 Å². The third-order valence-electron chi connectivity index (χ3n) is 5.60. The van der Waals surface area contributed by atoms with E-state index in [0.29, 0.717) is 22.5 Å². The predicted octanol–water partition coefficient (Wildman–Crippen LogP) is 6.85. The van der Waals surface area contributed by atoms with Crippen LogP contribution in [0.4, 0.5) is 10.1 Å². The number of hydrogen-bond donors (Lipinski definition) is 2. The van der Waals surface area contributed by atoms with Gasteiger partial charge in [0.05, 0.1) is 11.3 Å². The van der Waals surface area contributed by atoms with Gasteiger partial charge >= 0.3 is 0 Å². The van der Waals surface area contributed by atoms with E-state index in [2.05, 4.69) is 5.32 Å². The van der Waals surface area contributed by atoms with Gasteiger partial charge in [0, 0.05) is 16.9 Å². The lowest BCUT2D eigenvalue weighted by Crippen LogP contribution is -2.17. The van der Waals surface area contributed by atoms with Gasteiger partial charge in [0.15, 0.2) is 0 Å². The Balaban J connectivity index is 2.06. The Kier molecular flexibility index (Phi) is 6.43. The number of aromatic nitrogens is 1. The Morgan fingerprint density at radius 1 is 0.848 bits per heavy atom. The van der Waals surface area contributed by atoms with Crippen LogP contribution in [0.25, 0.3) is 22.4 Å². The molecule has 0 saturated carbocycles. The van der Waals surface area contributed by atoms with Crippen LogP contribution < -0.4 is 5.32 Å². The van der Waals surface area contributed by atoms with Crippen LogP contribution in [-0.4, -0.2) is 15.6 Å². The first-order valence-electron chi connectivity index (χ1n) is 11.0. The molecule has 0 aliphatic heterocycles. The quantitative estimate of drug-likeness (QED) is 0.343. The van der Waals surface area contributed by atoms with Gasteiger partial charge in [-0.3, -0.25) is 4.79 Å². The molecule has 1 atom stereocenters. The minimum Gasteiger partial charge on any atom is -0.374 e. The van der Waals surface area contributed by atoms with E-state index in [1.807, 2.05) is 74.5 Å². The van der Waals surface area contributed by atoms with Crippen molar-refractivity contribution >= 4 is 11.6 Å². The van der Waals surface area contributed by atoms with Gasteiger partial charge in [0.25, 0.3) is 5.91 Å². The summed E-state index contributed by atoms with van der Waals surface area (Å²) in [6, 6.07) is 25.1. The fourth-order valence-electron chi connectivity index (χ4n) is 4.28. The Morgan fingerprint density at radius 3 is 1.97 bits per heavy atom. The molecule has 0 radical (unpaired) electrons. The van der Waals surface area contributed by atoms with Crippen molar-refractivity contribution in [3.63, 3.8) is 0 Å². The monoisotopic (exact) mass is 442 g/mol. The Bertz CT molecular complexity index is 1240. The van der Waals surface area contributed by atoms with Crippen molar-refractivity contribution in [2.45, 2.75) is 32.9 Å². The van der Waals surface area contributed by atoms with E-state index in [9.17, 15) is 14.3 Å². The second-order valence-corrected chi connectivity index (χ2v) is 8.33. The SMILES string of the molecule is CC(C)c1c(C(=O)Nc2ccccc2)c(-c2ccccc2)c(-c2ccc(F)cc2)n1C(C)O. The molecule has 0 bridgehead atoms. The fraction of sp³-hybridized carbons (Fsp3) is 0.179. The minimum atomic E-state index is -0.900. The molecule has 4 aromatic rings. The molecule has 3 aromatic carbocycles. The van der Waals surface area contributed by atoms with Crippen molar-refractivity contribution in [3.05, 3.63) is 102 Å². The van der Waals surface area contributed by atoms with Crippen molar-refractivity contribution < 1.29 is 14.3 Å². The highest BCUT2D eigenvalue weighted by Crippen LogP contribution is 2.43. The summed E-state index contributed by atoms with van der Waals surface area (Å²) >= 11 is 0. The number of amides is 1. The van der Waals surface area contributed by atoms with E-state index in [1.165, 1.54) is 12.1 Å². The number of carbonyl (C=O) groups is 1. The van der Waals surface area contributed by atoms with Crippen LogP contribution in [0.15, 0.2) is 84.9 Å². The first-order valence-corrected chi connectivity index (χ1v) is 11.0. The molecule has 0 fully saturated rings. The van der Waals surface area contributed by atoms with Gasteiger partial charge in [0.2, 0.25) is 0 Å². The summed E-state index contributed by atoms with van der Waals surface area (Å²) in [5, 5.41) is 13.9. The Hall–Kier alpha value is -3.70. The molecule has 4 nitrogen and oxygen atoms in total. The number of benzene rings is 3. The average molecular weight is 443 g/mol. The number of aliphatic hydroxyl groups is 1. The second-order valence-electron chi connectivity index (χ2n) is 8.33. The number of hydrogen-bond acceptors (Lipinski definition) is 2. The van der Waals surface area contributed by atoms with Crippen molar-refractivity contribution in [1.82, 2.24) is 4.57 Å². The van der Waals surface area contributed by atoms with Gasteiger partial charge in [-0.25, -0.2) is 4.39 Å². The molecular formula is C28H27FN2O2. The lowest BCUT2D eigenvalue weighted by molar-refractivity contribution is 0.102. The molecule has 5 heteroatoms. The molecule has 4 rings (SSSR count). The van der Waals surface area contributed by atoms with E-state index >= 15 is 0 Å². The number of aliphatic hydroxyl groups excluding tert-OH is 1. The molecule has 0 spiro atoms. The van der Waals surface area contributed by atoms with Gasteiger partial charge in [-0.15, -0.1) is 0 Å². The maximum absolute atomic E-state index is 13.7. The average Bonchev–Trinajstić information content (AvgIpc) is 3.18.